The first-order valence-corrected chi connectivity index (χ1v) is 11.5. The standard InChI is InChI=1S/C22H28N2O2S/c1-2-27(25,26)24-15-20-13-23(14-21(20)16-24)17-22(18-9-5-3-6-10-18)19-11-7-4-8-12-19/h3-12,20-22H,2,13-17H2,1H3/t20-,21-/m0/s1. The second-order valence-corrected chi connectivity index (χ2v) is 10.1. The summed E-state index contributed by atoms with van der Waals surface area (Å²) in [4.78, 5) is 2.54. The molecule has 2 atom stereocenters. The molecule has 0 bridgehead atoms. The molecule has 0 unspecified atom stereocenters. The molecule has 5 heteroatoms. The maximum Gasteiger partial charge on any atom is 0.213 e. The van der Waals surface area contributed by atoms with Gasteiger partial charge in [-0.1, -0.05) is 60.7 Å². The molecule has 0 saturated carbocycles. The molecular weight excluding hydrogens is 356 g/mol. The van der Waals surface area contributed by atoms with E-state index in [4.69, 9.17) is 0 Å². The van der Waals surface area contributed by atoms with Crippen LogP contribution >= 0.6 is 0 Å². The van der Waals surface area contributed by atoms with E-state index in [0.29, 0.717) is 30.8 Å². The zero-order valence-corrected chi connectivity index (χ0v) is 16.7. The summed E-state index contributed by atoms with van der Waals surface area (Å²) < 4.78 is 26.1. The largest absolute Gasteiger partial charge is 0.302 e. The third-order valence-electron chi connectivity index (χ3n) is 6.13. The van der Waals surface area contributed by atoms with Crippen LogP contribution in [0.15, 0.2) is 60.7 Å². The molecule has 4 nitrogen and oxygen atoms in total. The zero-order valence-electron chi connectivity index (χ0n) is 15.9. The van der Waals surface area contributed by atoms with Crippen molar-refractivity contribution in [3.8, 4) is 0 Å². The Morgan fingerprint density at radius 2 is 1.33 bits per heavy atom. The van der Waals surface area contributed by atoms with Gasteiger partial charge in [0.2, 0.25) is 10.0 Å². The van der Waals surface area contributed by atoms with Gasteiger partial charge >= 0.3 is 0 Å². The van der Waals surface area contributed by atoms with Gasteiger partial charge in [-0.05, 0) is 29.9 Å². The molecule has 2 aromatic rings. The van der Waals surface area contributed by atoms with Crippen LogP contribution in [0.25, 0.3) is 0 Å². The summed E-state index contributed by atoms with van der Waals surface area (Å²) in [5.41, 5.74) is 2.69. The van der Waals surface area contributed by atoms with Crippen LogP contribution in [0.4, 0.5) is 0 Å². The number of hydrogen-bond acceptors (Lipinski definition) is 3. The highest BCUT2D eigenvalue weighted by molar-refractivity contribution is 7.89. The third kappa shape index (κ3) is 3.96. The fraction of sp³-hybridized carbons (Fsp3) is 0.455. The quantitative estimate of drug-likeness (QED) is 0.769. The summed E-state index contributed by atoms with van der Waals surface area (Å²) in [5.74, 6) is 1.50. The fourth-order valence-corrected chi connectivity index (χ4v) is 5.84. The molecule has 2 aromatic carbocycles. The minimum Gasteiger partial charge on any atom is -0.302 e. The summed E-state index contributed by atoms with van der Waals surface area (Å²) in [6.07, 6.45) is 0. The molecule has 0 spiro atoms. The minimum absolute atomic E-state index is 0.209. The summed E-state index contributed by atoms with van der Waals surface area (Å²) in [5, 5.41) is 0. The smallest absolute Gasteiger partial charge is 0.213 e. The zero-order chi connectivity index (χ0) is 18.9. The highest BCUT2D eigenvalue weighted by Crippen LogP contribution is 2.35. The van der Waals surface area contributed by atoms with Crippen molar-refractivity contribution in [2.75, 3.05) is 38.5 Å². The van der Waals surface area contributed by atoms with Crippen molar-refractivity contribution < 1.29 is 8.42 Å². The van der Waals surface area contributed by atoms with E-state index in [1.807, 2.05) is 0 Å². The van der Waals surface area contributed by atoms with Crippen LogP contribution < -0.4 is 0 Å². The number of benzene rings is 2. The van der Waals surface area contributed by atoms with Gasteiger partial charge in [-0.25, -0.2) is 12.7 Å². The van der Waals surface area contributed by atoms with Gasteiger partial charge in [0.1, 0.15) is 0 Å². The van der Waals surface area contributed by atoms with Gasteiger partial charge < -0.3 is 4.90 Å². The summed E-state index contributed by atoms with van der Waals surface area (Å²) in [7, 11) is -3.05. The van der Waals surface area contributed by atoms with Crippen LogP contribution in [0, 0.1) is 11.8 Å². The molecule has 2 fully saturated rings. The van der Waals surface area contributed by atoms with E-state index in [0.717, 1.165) is 19.6 Å². The van der Waals surface area contributed by atoms with Crippen molar-refractivity contribution in [2.45, 2.75) is 12.8 Å². The van der Waals surface area contributed by atoms with Gasteiger partial charge in [-0.2, -0.15) is 0 Å². The first-order chi connectivity index (χ1) is 13.1. The number of hydrogen-bond donors (Lipinski definition) is 0. The lowest BCUT2D eigenvalue weighted by atomic mass is 9.91. The van der Waals surface area contributed by atoms with Crippen molar-refractivity contribution in [1.29, 1.82) is 0 Å². The van der Waals surface area contributed by atoms with Crippen molar-refractivity contribution in [1.82, 2.24) is 9.21 Å². The van der Waals surface area contributed by atoms with E-state index < -0.39 is 10.0 Å². The Morgan fingerprint density at radius 1 is 0.852 bits per heavy atom. The molecule has 2 aliphatic rings. The van der Waals surface area contributed by atoms with Gasteiger partial charge in [0.25, 0.3) is 0 Å². The fourth-order valence-electron chi connectivity index (χ4n) is 4.64. The molecule has 2 aliphatic heterocycles. The van der Waals surface area contributed by atoms with Crippen molar-refractivity contribution >= 4 is 10.0 Å². The number of sulfonamides is 1. The summed E-state index contributed by atoms with van der Waals surface area (Å²) in [6.45, 7) is 6.10. The van der Waals surface area contributed by atoms with Crippen molar-refractivity contribution in [3.63, 3.8) is 0 Å². The minimum atomic E-state index is -3.05. The van der Waals surface area contributed by atoms with Crippen LogP contribution in [0.1, 0.15) is 24.0 Å². The second kappa shape index (κ2) is 7.74. The van der Waals surface area contributed by atoms with E-state index in [-0.39, 0.29) is 5.75 Å². The molecule has 2 saturated heterocycles. The number of fused-ring (bicyclic) bond motifs is 1. The Kier molecular flexibility index (Phi) is 5.35. The first kappa shape index (κ1) is 18.7. The topological polar surface area (TPSA) is 40.6 Å². The molecule has 0 aromatic heterocycles. The average Bonchev–Trinajstić information content (AvgIpc) is 3.27. The molecular formula is C22H28N2O2S. The van der Waals surface area contributed by atoms with Crippen molar-refractivity contribution in [2.24, 2.45) is 11.8 Å². The van der Waals surface area contributed by atoms with Crippen LogP contribution in [-0.2, 0) is 10.0 Å². The number of nitrogens with zero attached hydrogens (tertiary/aromatic N) is 2. The summed E-state index contributed by atoms with van der Waals surface area (Å²) >= 11 is 0. The lowest BCUT2D eigenvalue weighted by molar-refractivity contribution is 0.288. The van der Waals surface area contributed by atoms with E-state index in [9.17, 15) is 8.42 Å². The molecule has 0 amide bonds. The van der Waals surface area contributed by atoms with E-state index in [2.05, 4.69) is 65.6 Å². The molecule has 27 heavy (non-hydrogen) atoms. The Hall–Kier alpha value is -1.69. The lowest BCUT2D eigenvalue weighted by Gasteiger charge is -2.26. The summed E-state index contributed by atoms with van der Waals surface area (Å²) in [6, 6.07) is 21.4. The first-order valence-electron chi connectivity index (χ1n) is 9.87. The number of rotatable bonds is 6. The Morgan fingerprint density at radius 3 is 1.78 bits per heavy atom. The Bertz CT molecular complexity index is 801. The van der Waals surface area contributed by atoms with E-state index in [1.165, 1.54) is 11.1 Å². The lowest BCUT2D eigenvalue weighted by Crippen LogP contribution is -2.35. The predicted octanol–water partition coefficient (Wildman–Crippen LogP) is 3.03. The van der Waals surface area contributed by atoms with Gasteiger partial charge in [-0.15, -0.1) is 0 Å². The highest BCUT2D eigenvalue weighted by atomic mass is 32.2. The van der Waals surface area contributed by atoms with Gasteiger partial charge in [0.05, 0.1) is 5.75 Å². The second-order valence-electron chi connectivity index (χ2n) is 7.83. The molecule has 2 heterocycles. The van der Waals surface area contributed by atoms with Gasteiger partial charge in [0.15, 0.2) is 0 Å². The Balaban J connectivity index is 1.47. The third-order valence-corrected chi connectivity index (χ3v) is 7.95. The van der Waals surface area contributed by atoms with Crippen LogP contribution in [0.5, 0.6) is 0 Å². The Labute approximate surface area is 162 Å². The normalized spacial score (nSPS) is 23.8. The van der Waals surface area contributed by atoms with Gasteiger partial charge in [0, 0.05) is 38.6 Å². The molecule has 0 aliphatic carbocycles. The van der Waals surface area contributed by atoms with Crippen molar-refractivity contribution in [3.05, 3.63) is 71.8 Å². The average molecular weight is 385 g/mol. The maximum atomic E-state index is 12.2. The SMILES string of the molecule is CCS(=O)(=O)N1C[C@@H]2CN(CC(c3ccccc3)c3ccccc3)C[C@H]2C1. The van der Waals surface area contributed by atoms with Gasteiger partial charge in [-0.3, -0.25) is 0 Å². The van der Waals surface area contributed by atoms with E-state index >= 15 is 0 Å². The molecule has 4 rings (SSSR count). The predicted molar refractivity (Wildman–Crippen MR) is 109 cm³/mol. The molecule has 0 N–H and O–H groups in total. The van der Waals surface area contributed by atoms with Crippen LogP contribution in [0.3, 0.4) is 0 Å². The highest BCUT2D eigenvalue weighted by Gasteiger charge is 2.43. The number of likely N-dealkylation sites (tertiary alicyclic amines) is 1. The van der Waals surface area contributed by atoms with Crippen LogP contribution in [-0.4, -0.2) is 56.1 Å². The molecule has 0 radical (unpaired) electrons. The monoisotopic (exact) mass is 384 g/mol. The van der Waals surface area contributed by atoms with Crippen LogP contribution in [0.2, 0.25) is 0 Å². The van der Waals surface area contributed by atoms with E-state index in [1.54, 1.807) is 11.2 Å². The maximum absolute atomic E-state index is 12.2. The molecule has 144 valence electrons.